The summed E-state index contributed by atoms with van der Waals surface area (Å²) in [5.41, 5.74) is 1.98. The zero-order valence-corrected chi connectivity index (χ0v) is 10.3. The van der Waals surface area contributed by atoms with E-state index >= 15 is 0 Å². The van der Waals surface area contributed by atoms with Crippen molar-refractivity contribution in [2.75, 3.05) is 6.61 Å². The zero-order chi connectivity index (χ0) is 12.2. The number of hydrogen-bond acceptors (Lipinski definition) is 4. The van der Waals surface area contributed by atoms with Gasteiger partial charge in [-0.15, -0.1) is 0 Å². The Morgan fingerprint density at radius 3 is 2.81 bits per heavy atom. The SMILES string of the molecule is CCC(C)(C)OCC1CCC(C(=O)NN)O1. The molecule has 1 heterocycles. The van der Waals surface area contributed by atoms with E-state index in [1.807, 2.05) is 13.8 Å². The first-order valence-electron chi connectivity index (χ1n) is 5.78. The second-order valence-corrected chi connectivity index (χ2v) is 4.76. The second-order valence-electron chi connectivity index (χ2n) is 4.76. The lowest BCUT2D eigenvalue weighted by atomic mass is 10.1. The highest BCUT2D eigenvalue weighted by atomic mass is 16.6. The van der Waals surface area contributed by atoms with Crippen LogP contribution in [0.1, 0.15) is 40.0 Å². The Kier molecular flexibility index (Phi) is 4.70. The molecule has 0 radical (unpaired) electrons. The van der Waals surface area contributed by atoms with Gasteiger partial charge in [0.05, 0.1) is 18.3 Å². The molecule has 1 amide bonds. The smallest absolute Gasteiger partial charge is 0.263 e. The van der Waals surface area contributed by atoms with Crippen molar-refractivity contribution >= 4 is 5.91 Å². The van der Waals surface area contributed by atoms with Gasteiger partial charge in [-0.05, 0) is 33.1 Å². The minimum absolute atomic E-state index is 0.00752. The number of carbonyl (C=O) groups excluding carboxylic acids is 1. The normalized spacial score (nSPS) is 25.8. The third kappa shape index (κ3) is 3.73. The lowest BCUT2D eigenvalue weighted by Gasteiger charge is -2.25. The van der Waals surface area contributed by atoms with Crippen LogP contribution in [0.3, 0.4) is 0 Å². The molecule has 1 fully saturated rings. The van der Waals surface area contributed by atoms with Gasteiger partial charge in [-0.2, -0.15) is 0 Å². The number of rotatable bonds is 5. The van der Waals surface area contributed by atoms with Crippen LogP contribution < -0.4 is 11.3 Å². The van der Waals surface area contributed by atoms with E-state index in [0.29, 0.717) is 13.0 Å². The van der Waals surface area contributed by atoms with Crippen molar-refractivity contribution in [3.63, 3.8) is 0 Å². The molecule has 5 heteroatoms. The van der Waals surface area contributed by atoms with E-state index in [4.69, 9.17) is 15.3 Å². The molecule has 0 bridgehead atoms. The van der Waals surface area contributed by atoms with Crippen molar-refractivity contribution in [3.8, 4) is 0 Å². The van der Waals surface area contributed by atoms with E-state index in [0.717, 1.165) is 12.8 Å². The zero-order valence-electron chi connectivity index (χ0n) is 10.3. The summed E-state index contributed by atoms with van der Waals surface area (Å²) >= 11 is 0. The van der Waals surface area contributed by atoms with Crippen molar-refractivity contribution in [3.05, 3.63) is 0 Å². The van der Waals surface area contributed by atoms with Gasteiger partial charge < -0.3 is 9.47 Å². The molecule has 0 spiro atoms. The summed E-state index contributed by atoms with van der Waals surface area (Å²) in [6.45, 7) is 6.72. The number of ether oxygens (including phenoxy) is 2. The molecule has 2 unspecified atom stereocenters. The van der Waals surface area contributed by atoms with Crippen LogP contribution in [0.2, 0.25) is 0 Å². The molecule has 2 atom stereocenters. The molecule has 5 nitrogen and oxygen atoms in total. The van der Waals surface area contributed by atoms with Crippen LogP contribution in [-0.2, 0) is 14.3 Å². The number of nitrogens with two attached hydrogens (primary N) is 1. The van der Waals surface area contributed by atoms with Crippen LogP contribution in [0.4, 0.5) is 0 Å². The van der Waals surface area contributed by atoms with Gasteiger partial charge in [0, 0.05) is 0 Å². The van der Waals surface area contributed by atoms with Gasteiger partial charge in [0.25, 0.3) is 5.91 Å². The van der Waals surface area contributed by atoms with E-state index in [2.05, 4.69) is 12.3 Å². The molecule has 3 N–H and O–H groups in total. The molecular formula is C11H22N2O3. The fourth-order valence-corrected chi connectivity index (χ4v) is 1.53. The van der Waals surface area contributed by atoms with Crippen LogP contribution in [0, 0.1) is 0 Å². The van der Waals surface area contributed by atoms with Crippen molar-refractivity contribution in [1.29, 1.82) is 0 Å². The van der Waals surface area contributed by atoms with Gasteiger partial charge in [-0.1, -0.05) is 6.92 Å². The second kappa shape index (κ2) is 5.61. The highest BCUT2D eigenvalue weighted by Gasteiger charge is 2.31. The Balaban J connectivity index is 2.29. The standard InChI is InChI=1S/C11H22N2O3/c1-4-11(2,3)15-7-8-5-6-9(16-8)10(14)13-12/h8-9H,4-7,12H2,1-3H3,(H,13,14). The summed E-state index contributed by atoms with van der Waals surface area (Å²) < 4.78 is 11.3. The minimum atomic E-state index is -0.414. The molecule has 1 aliphatic rings. The summed E-state index contributed by atoms with van der Waals surface area (Å²) in [4.78, 5) is 11.2. The van der Waals surface area contributed by atoms with Gasteiger partial charge >= 0.3 is 0 Å². The minimum Gasteiger partial charge on any atom is -0.373 e. The van der Waals surface area contributed by atoms with Crippen molar-refractivity contribution < 1.29 is 14.3 Å². The molecule has 0 aromatic heterocycles. The quantitative estimate of drug-likeness (QED) is 0.415. The lowest BCUT2D eigenvalue weighted by molar-refractivity contribution is -0.135. The maximum atomic E-state index is 11.2. The lowest BCUT2D eigenvalue weighted by Crippen LogP contribution is -2.39. The predicted molar refractivity (Wildman–Crippen MR) is 60.5 cm³/mol. The Morgan fingerprint density at radius 2 is 2.25 bits per heavy atom. The average Bonchev–Trinajstić information content (AvgIpc) is 2.74. The Hall–Kier alpha value is -0.650. The molecule has 0 aromatic carbocycles. The number of carbonyl (C=O) groups is 1. The largest absolute Gasteiger partial charge is 0.373 e. The maximum Gasteiger partial charge on any atom is 0.263 e. The number of amides is 1. The van der Waals surface area contributed by atoms with Gasteiger partial charge in [-0.25, -0.2) is 5.84 Å². The number of nitrogens with one attached hydrogen (secondary N) is 1. The number of hydrazine groups is 1. The third-order valence-electron chi connectivity index (χ3n) is 3.05. The Bertz CT molecular complexity index is 243. The fourth-order valence-electron chi connectivity index (χ4n) is 1.53. The van der Waals surface area contributed by atoms with E-state index in [1.165, 1.54) is 0 Å². The Morgan fingerprint density at radius 1 is 1.56 bits per heavy atom. The molecule has 1 rings (SSSR count). The van der Waals surface area contributed by atoms with Crippen LogP contribution in [0.25, 0.3) is 0 Å². The topological polar surface area (TPSA) is 73.6 Å². The van der Waals surface area contributed by atoms with Gasteiger partial charge in [0.15, 0.2) is 0 Å². The van der Waals surface area contributed by atoms with Gasteiger partial charge in [0.1, 0.15) is 6.10 Å². The van der Waals surface area contributed by atoms with E-state index in [-0.39, 0.29) is 17.6 Å². The highest BCUT2D eigenvalue weighted by Crippen LogP contribution is 2.22. The summed E-state index contributed by atoms with van der Waals surface area (Å²) in [6.07, 6.45) is 2.10. The molecule has 1 saturated heterocycles. The van der Waals surface area contributed by atoms with Crippen LogP contribution in [-0.4, -0.2) is 30.3 Å². The Labute approximate surface area is 96.6 Å². The van der Waals surface area contributed by atoms with Crippen molar-refractivity contribution in [2.24, 2.45) is 5.84 Å². The molecule has 16 heavy (non-hydrogen) atoms. The third-order valence-corrected chi connectivity index (χ3v) is 3.05. The van der Waals surface area contributed by atoms with Gasteiger partial charge in [0.2, 0.25) is 0 Å². The van der Waals surface area contributed by atoms with Crippen LogP contribution >= 0.6 is 0 Å². The maximum absolute atomic E-state index is 11.2. The monoisotopic (exact) mass is 230 g/mol. The molecular weight excluding hydrogens is 208 g/mol. The summed E-state index contributed by atoms with van der Waals surface area (Å²) in [7, 11) is 0. The first-order valence-corrected chi connectivity index (χ1v) is 5.78. The van der Waals surface area contributed by atoms with Crippen LogP contribution in [0.5, 0.6) is 0 Å². The summed E-state index contributed by atoms with van der Waals surface area (Å²) in [5, 5.41) is 0. The van der Waals surface area contributed by atoms with Crippen LogP contribution in [0.15, 0.2) is 0 Å². The fraction of sp³-hybridized carbons (Fsp3) is 0.909. The first-order chi connectivity index (χ1) is 7.48. The molecule has 94 valence electrons. The molecule has 1 aliphatic heterocycles. The molecule has 0 aromatic rings. The highest BCUT2D eigenvalue weighted by molar-refractivity contribution is 5.80. The van der Waals surface area contributed by atoms with E-state index in [9.17, 15) is 4.79 Å². The van der Waals surface area contributed by atoms with Crippen molar-refractivity contribution in [2.45, 2.75) is 57.8 Å². The number of hydrogen-bond donors (Lipinski definition) is 2. The molecule has 0 aliphatic carbocycles. The molecule has 0 saturated carbocycles. The summed E-state index contributed by atoms with van der Waals surface area (Å²) in [6, 6.07) is 0. The van der Waals surface area contributed by atoms with Crippen molar-refractivity contribution in [1.82, 2.24) is 5.43 Å². The average molecular weight is 230 g/mol. The van der Waals surface area contributed by atoms with Gasteiger partial charge in [-0.3, -0.25) is 10.2 Å². The van der Waals surface area contributed by atoms with E-state index in [1.54, 1.807) is 0 Å². The summed E-state index contributed by atoms with van der Waals surface area (Å²) in [5.74, 6) is 4.80. The van der Waals surface area contributed by atoms with E-state index < -0.39 is 6.10 Å². The first kappa shape index (κ1) is 13.4. The predicted octanol–water partition coefficient (Wildman–Crippen LogP) is 0.729.